The van der Waals surface area contributed by atoms with Crippen LogP contribution in [0.1, 0.15) is 17.2 Å². The number of nitrogens with zero attached hydrogens (tertiary/aromatic N) is 5. The maximum atomic E-state index is 12.4. The van der Waals surface area contributed by atoms with Crippen LogP contribution in [0.5, 0.6) is 5.75 Å². The van der Waals surface area contributed by atoms with Gasteiger partial charge in [-0.3, -0.25) is 4.79 Å². The number of rotatable bonds is 2. The molecule has 0 radical (unpaired) electrons. The van der Waals surface area contributed by atoms with Gasteiger partial charge in [0.05, 0.1) is 6.26 Å². The quantitative estimate of drug-likeness (QED) is 0.435. The van der Waals surface area contributed by atoms with Crippen molar-refractivity contribution in [3.8, 4) is 17.2 Å². The number of furan rings is 1. The summed E-state index contributed by atoms with van der Waals surface area (Å²) in [5, 5.41) is 31.1. The van der Waals surface area contributed by atoms with Gasteiger partial charge in [-0.05, 0) is 40.3 Å². The molecule has 26 heavy (non-hydrogen) atoms. The summed E-state index contributed by atoms with van der Waals surface area (Å²) in [6.45, 7) is 0. The molecule has 1 aliphatic heterocycles. The molecule has 5 rings (SSSR count). The second kappa shape index (κ2) is 5.28. The van der Waals surface area contributed by atoms with Crippen molar-refractivity contribution in [2.24, 2.45) is 0 Å². The summed E-state index contributed by atoms with van der Waals surface area (Å²) in [6.07, 6.45) is 1.52. The Morgan fingerprint density at radius 1 is 1.23 bits per heavy atom. The summed E-state index contributed by atoms with van der Waals surface area (Å²) >= 11 is 0. The Bertz CT molecular complexity index is 1160. The lowest BCUT2D eigenvalue weighted by atomic mass is 9.94. The number of aromatic hydroxyl groups is 1. The molecule has 0 fully saturated rings. The van der Waals surface area contributed by atoms with Gasteiger partial charge in [0, 0.05) is 5.56 Å². The van der Waals surface area contributed by atoms with Crippen molar-refractivity contribution in [3.63, 3.8) is 0 Å². The van der Waals surface area contributed by atoms with Gasteiger partial charge in [0.2, 0.25) is 5.95 Å². The van der Waals surface area contributed by atoms with E-state index in [1.165, 1.54) is 10.9 Å². The highest BCUT2D eigenvalue weighted by Gasteiger charge is 2.35. The smallest absolute Gasteiger partial charge is 0.288 e. The summed E-state index contributed by atoms with van der Waals surface area (Å²) in [4.78, 5) is 12.4. The summed E-state index contributed by atoms with van der Waals surface area (Å²) in [6, 6.07) is 9.60. The van der Waals surface area contributed by atoms with Gasteiger partial charge >= 0.3 is 0 Å². The first kappa shape index (κ1) is 14.4. The van der Waals surface area contributed by atoms with Gasteiger partial charge < -0.3 is 14.8 Å². The Morgan fingerprint density at radius 3 is 2.96 bits per heavy atom. The van der Waals surface area contributed by atoms with Crippen molar-refractivity contribution in [3.05, 3.63) is 64.1 Å². The number of phenols is 1. The number of tetrazole rings is 1. The molecule has 4 heterocycles. The van der Waals surface area contributed by atoms with E-state index < -0.39 is 11.6 Å². The average Bonchev–Trinajstić information content (AvgIpc) is 3.32. The molecule has 0 aliphatic carbocycles. The third-order valence-corrected chi connectivity index (χ3v) is 4.21. The minimum atomic E-state index is -0.571. The van der Waals surface area contributed by atoms with Gasteiger partial charge in [-0.2, -0.15) is 9.78 Å². The first-order valence-corrected chi connectivity index (χ1v) is 7.72. The van der Waals surface area contributed by atoms with Crippen LogP contribution >= 0.6 is 0 Å². The van der Waals surface area contributed by atoms with Crippen LogP contribution in [0.25, 0.3) is 11.5 Å². The molecule has 4 aromatic rings. The van der Waals surface area contributed by atoms with Crippen LogP contribution in [0.2, 0.25) is 0 Å². The van der Waals surface area contributed by atoms with Gasteiger partial charge in [-0.15, -0.1) is 0 Å². The van der Waals surface area contributed by atoms with E-state index >= 15 is 0 Å². The van der Waals surface area contributed by atoms with Crippen molar-refractivity contribution < 1.29 is 9.52 Å². The van der Waals surface area contributed by atoms with Crippen molar-refractivity contribution >= 4 is 11.6 Å². The lowest BCUT2D eigenvalue weighted by Crippen LogP contribution is -2.29. The number of nitrogens with one attached hydrogen (secondary N) is 2. The van der Waals surface area contributed by atoms with Crippen LogP contribution in [-0.2, 0) is 0 Å². The van der Waals surface area contributed by atoms with E-state index in [1.807, 2.05) is 6.07 Å². The fourth-order valence-electron chi connectivity index (χ4n) is 3.14. The molecule has 10 nitrogen and oxygen atoms in total. The minimum Gasteiger partial charge on any atom is -0.508 e. The molecule has 0 bridgehead atoms. The van der Waals surface area contributed by atoms with Gasteiger partial charge in [0.15, 0.2) is 5.76 Å². The molecule has 128 valence electrons. The number of aromatic amines is 1. The third-order valence-electron chi connectivity index (χ3n) is 4.21. The molecular weight excluding hydrogens is 338 g/mol. The normalized spacial score (nSPS) is 15.2. The topological polar surface area (TPSA) is 135 Å². The van der Waals surface area contributed by atoms with Crippen molar-refractivity contribution in [2.45, 2.75) is 6.04 Å². The minimum absolute atomic E-state index is 0.0922. The zero-order valence-electron chi connectivity index (χ0n) is 13.1. The lowest BCUT2D eigenvalue weighted by molar-refractivity contribution is 0.472. The third kappa shape index (κ3) is 2.02. The number of benzene rings is 1. The second-order valence-corrected chi connectivity index (χ2v) is 5.74. The first-order valence-electron chi connectivity index (χ1n) is 7.72. The highest BCUT2D eigenvalue weighted by Crippen LogP contribution is 2.41. The zero-order valence-corrected chi connectivity index (χ0v) is 13.1. The van der Waals surface area contributed by atoms with E-state index in [4.69, 9.17) is 4.42 Å². The highest BCUT2D eigenvalue weighted by molar-refractivity contribution is 5.73. The molecule has 0 saturated heterocycles. The maximum Gasteiger partial charge on any atom is 0.288 e. The van der Waals surface area contributed by atoms with Gasteiger partial charge in [0.25, 0.3) is 5.56 Å². The monoisotopic (exact) mass is 349 g/mol. The van der Waals surface area contributed by atoms with Crippen LogP contribution in [0, 0.1) is 0 Å². The number of H-pyrrole nitrogens is 1. The average molecular weight is 349 g/mol. The number of hydrogen-bond donors (Lipinski definition) is 3. The summed E-state index contributed by atoms with van der Waals surface area (Å²) in [5.74, 6) is 0.892. The van der Waals surface area contributed by atoms with Gasteiger partial charge in [0.1, 0.15) is 23.2 Å². The molecule has 10 heteroatoms. The van der Waals surface area contributed by atoms with Crippen molar-refractivity contribution in [1.82, 2.24) is 30.4 Å². The van der Waals surface area contributed by atoms with Crippen molar-refractivity contribution in [1.29, 1.82) is 0 Å². The lowest BCUT2D eigenvalue weighted by Gasteiger charge is -2.27. The van der Waals surface area contributed by atoms with Gasteiger partial charge in [-0.25, -0.2) is 5.10 Å². The summed E-state index contributed by atoms with van der Waals surface area (Å²) < 4.78 is 7.01. The van der Waals surface area contributed by atoms with Crippen molar-refractivity contribution in [2.75, 3.05) is 5.32 Å². The number of hydrogen-bond acceptors (Lipinski definition) is 8. The SMILES string of the molecule is O=c1[nH]nc(-c2ccco2)c2c1Nc1nnnn1[C@H]2c1cccc(O)c1. The fraction of sp³-hybridized carbons (Fsp3) is 0.0625. The van der Waals surface area contributed by atoms with Crippen LogP contribution in [0.4, 0.5) is 11.6 Å². The van der Waals surface area contributed by atoms with Crippen LogP contribution in [0.3, 0.4) is 0 Å². The molecule has 0 saturated carbocycles. The summed E-state index contributed by atoms with van der Waals surface area (Å²) in [7, 11) is 0. The van der Waals surface area contributed by atoms with Crippen LogP contribution in [0.15, 0.2) is 51.9 Å². The number of fused-ring (bicyclic) bond motifs is 2. The standard InChI is InChI=1S/C16H11N7O3/c24-9-4-1-3-8(7-9)14-11-12(10-5-2-6-26-10)18-19-15(25)13(11)17-16-20-21-22-23(14)16/h1-7,14,24H,(H,19,25)(H,17,20,22)/t14-/m0/s1. The van der Waals surface area contributed by atoms with Gasteiger partial charge in [-0.1, -0.05) is 17.2 Å². The van der Waals surface area contributed by atoms with E-state index in [0.717, 1.165) is 0 Å². The zero-order chi connectivity index (χ0) is 17.7. The predicted molar refractivity (Wildman–Crippen MR) is 89.0 cm³/mol. The predicted octanol–water partition coefficient (Wildman–Crippen LogP) is 1.42. The highest BCUT2D eigenvalue weighted by atomic mass is 16.3. The molecular formula is C16H11N7O3. The van der Waals surface area contributed by atoms with Crippen LogP contribution in [-0.4, -0.2) is 35.5 Å². The number of anilines is 2. The molecule has 3 N–H and O–H groups in total. The van der Waals surface area contributed by atoms with E-state index in [-0.39, 0.29) is 11.4 Å². The Kier molecular flexibility index (Phi) is 2.92. The molecule has 1 aliphatic rings. The summed E-state index contributed by atoms with van der Waals surface area (Å²) in [5.41, 5.74) is 1.57. The fourth-order valence-corrected chi connectivity index (χ4v) is 3.14. The molecule has 1 aromatic carbocycles. The Hall–Kier alpha value is -3.95. The molecule has 3 aromatic heterocycles. The molecule has 1 atom stereocenters. The van der Waals surface area contributed by atoms with Crippen LogP contribution < -0.4 is 10.9 Å². The molecule has 0 unspecified atom stereocenters. The Labute approximate surface area is 145 Å². The molecule has 0 spiro atoms. The largest absolute Gasteiger partial charge is 0.508 e. The Balaban J connectivity index is 1.85. The first-order chi connectivity index (χ1) is 12.7. The Morgan fingerprint density at radius 2 is 2.15 bits per heavy atom. The maximum absolute atomic E-state index is 12.4. The number of phenolic OH excluding ortho intramolecular Hbond substituents is 1. The van der Waals surface area contributed by atoms with E-state index in [1.54, 1.807) is 30.3 Å². The van der Waals surface area contributed by atoms with E-state index in [2.05, 4.69) is 31.0 Å². The van der Waals surface area contributed by atoms with E-state index in [0.29, 0.717) is 28.5 Å². The second-order valence-electron chi connectivity index (χ2n) is 5.74. The molecule has 0 amide bonds. The number of aromatic nitrogens is 6. The van der Waals surface area contributed by atoms with E-state index in [9.17, 15) is 9.90 Å².